The summed E-state index contributed by atoms with van der Waals surface area (Å²) in [6, 6.07) is 13.9. The van der Waals surface area contributed by atoms with Gasteiger partial charge < -0.3 is 0 Å². The van der Waals surface area contributed by atoms with Crippen LogP contribution in [0.25, 0.3) is 0 Å². The maximum absolute atomic E-state index is 6.01. The molecule has 18 heavy (non-hydrogen) atoms. The van der Waals surface area contributed by atoms with Crippen molar-refractivity contribution in [2.24, 2.45) is 4.99 Å². The number of hydrogen-bond donors (Lipinski definition) is 0. The third-order valence-electron chi connectivity index (χ3n) is 2.38. The van der Waals surface area contributed by atoms with Gasteiger partial charge in [-0.15, -0.1) is 11.8 Å². The number of rotatable bonds is 3. The molecule has 0 fully saturated rings. The SMILES string of the molecule is CSc1ccc(C=Nc2ccc(Br)c(Cl)c2)cc1. The first-order chi connectivity index (χ1) is 8.69. The molecule has 0 radical (unpaired) electrons. The van der Waals surface area contributed by atoms with Gasteiger partial charge in [0.25, 0.3) is 0 Å². The van der Waals surface area contributed by atoms with Crippen LogP contribution in [-0.2, 0) is 0 Å². The van der Waals surface area contributed by atoms with E-state index in [4.69, 9.17) is 11.6 Å². The normalized spacial score (nSPS) is 11.1. The molecule has 0 amide bonds. The summed E-state index contributed by atoms with van der Waals surface area (Å²) in [7, 11) is 0. The van der Waals surface area contributed by atoms with E-state index >= 15 is 0 Å². The second-order valence-electron chi connectivity index (χ2n) is 3.63. The van der Waals surface area contributed by atoms with Gasteiger partial charge in [-0.2, -0.15) is 0 Å². The Labute approximate surface area is 124 Å². The number of thioether (sulfide) groups is 1. The van der Waals surface area contributed by atoms with E-state index in [1.54, 1.807) is 11.8 Å². The van der Waals surface area contributed by atoms with Crippen molar-refractivity contribution in [2.75, 3.05) is 6.26 Å². The van der Waals surface area contributed by atoms with Crippen LogP contribution in [0, 0.1) is 0 Å². The Balaban J connectivity index is 2.16. The van der Waals surface area contributed by atoms with Crippen molar-refractivity contribution in [3.63, 3.8) is 0 Å². The van der Waals surface area contributed by atoms with Gasteiger partial charge in [-0.3, -0.25) is 4.99 Å². The van der Waals surface area contributed by atoms with E-state index in [0.29, 0.717) is 5.02 Å². The number of hydrogen-bond acceptors (Lipinski definition) is 2. The Morgan fingerprint density at radius 2 is 1.89 bits per heavy atom. The Morgan fingerprint density at radius 3 is 2.50 bits per heavy atom. The first-order valence-electron chi connectivity index (χ1n) is 5.32. The van der Waals surface area contributed by atoms with Gasteiger partial charge in [0.05, 0.1) is 10.7 Å². The van der Waals surface area contributed by atoms with Crippen molar-refractivity contribution in [1.82, 2.24) is 0 Å². The predicted molar refractivity (Wildman–Crippen MR) is 84.6 cm³/mol. The molecule has 4 heteroatoms. The van der Waals surface area contributed by atoms with Crippen LogP contribution in [0.5, 0.6) is 0 Å². The van der Waals surface area contributed by atoms with E-state index in [2.05, 4.69) is 51.4 Å². The highest BCUT2D eigenvalue weighted by Crippen LogP contribution is 2.26. The molecule has 0 heterocycles. The van der Waals surface area contributed by atoms with Crippen molar-refractivity contribution < 1.29 is 0 Å². The molecule has 0 N–H and O–H groups in total. The van der Waals surface area contributed by atoms with Crippen molar-refractivity contribution in [1.29, 1.82) is 0 Å². The first kappa shape index (κ1) is 13.7. The molecule has 0 aliphatic carbocycles. The van der Waals surface area contributed by atoms with E-state index in [1.807, 2.05) is 24.4 Å². The van der Waals surface area contributed by atoms with Crippen LogP contribution in [-0.4, -0.2) is 12.5 Å². The lowest BCUT2D eigenvalue weighted by atomic mass is 10.2. The average molecular weight is 341 g/mol. The molecule has 2 aromatic rings. The van der Waals surface area contributed by atoms with Crippen LogP contribution in [0.15, 0.2) is 56.8 Å². The summed E-state index contributed by atoms with van der Waals surface area (Å²) in [5.74, 6) is 0. The minimum atomic E-state index is 0.669. The lowest BCUT2D eigenvalue weighted by Crippen LogP contribution is -1.80. The van der Waals surface area contributed by atoms with Gasteiger partial charge in [0.2, 0.25) is 0 Å². The smallest absolute Gasteiger partial charge is 0.0645 e. The maximum atomic E-state index is 6.01. The molecule has 0 aliphatic heterocycles. The molecular formula is C14H11BrClNS. The monoisotopic (exact) mass is 339 g/mol. The summed E-state index contributed by atoms with van der Waals surface area (Å²) in [5.41, 5.74) is 1.92. The summed E-state index contributed by atoms with van der Waals surface area (Å²) < 4.78 is 0.882. The summed E-state index contributed by atoms with van der Waals surface area (Å²) in [6.07, 6.45) is 3.90. The quantitative estimate of drug-likeness (QED) is 0.525. The predicted octanol–water partition coefficient (Wildman–Crippen LogP) is 5.58. The highest BCUT2D eigenvalue weighted by Gasteiger charge is 1.97. The summed E-state index contributed by atoms with van der Waals surface area (Å²) in [5, 5.41) is 0.669. The van der Waals surface area contributed by atoms with Crippen LogP contribution in [0.1, 0.15) is 5.56 Å². The first-order valence-corrected chi connectivity index (χ1v) is 7.72. The molecule has 2 aromatic carbocycles. The highest BCUT2D eigenvalue weighted by molar-refractivity contribution is 9.10. The van der Waals surface area contributed by atoms with Crippen molar-refractivity contribution >= 4 is 51.2 Å². The van der Waals surface area contributed by atoms with Gasteiger partial charge in [-0.1, -0.05) is 23.7 Å². The van der Waals surface area contributed by atoms with Crippen molar-refractivity contribution in [2.45, 2.75) is 4.90 Å². The fourth-order valence-electron chi connectivity index (χ4n) is 1.40. The van der Waals surface area contributed by atoms with Crippen LogP contribution >= 0.6 is 39.3 Å². The molecule has 0 spiro atoms. The van der Waals surface area contributed by atoms with E-state index in [-0.39, 0.29) is 0 Å². The molecule has 0 atom stereocenters. The average Bonchev–Trinajstić information content (AvgIpc) is 2.41. The minimum absolute atomic E-state index is 0.669. The summed E-state index contributed by atoms with van der Waals surface area (Å²) >= 11 is 11.1. The number of nitrogens with zero attached hydrogens (tertiary/aromatic N) is 1. The van der Waals surface area contributed by atoms with Gasteiger partial charge in [0, 0.05) is 15.6 Å². The largest absolute Gasteiger partial charge is 0.256 e. The van der Waals surface area contributed by atoms with Gasteiger partial charge >= 0.3 is 0 Å². The molecule has 0 aliphatic rings. The fourth-order valence-corrected chi connectivity index (χ4v) is 2.23. The summed E-state index contributed by atoms with van der Waals surface area (Å²) in [4.78, 5) is 5.65. The Morgan fingerprint density at radius 1 is 1.17 bits per heavy atom. The zero-order valence-electron chi connectivity index (χ0n) is 9.73. The van der Waals surface area contributed by atoms with E-state index in [1.165, 1.54) is 4.90 Å². The highest BCUT2D eigenvalue weighted by atomic mass is 79.9. The topological polar surface area (TPSA) is 12.4 Å². The van der Waals surface area contributed by atoms with E-state index in [0.717, 1.165) is 15.7 Å². The Hall–Kier alpha value is -0.770. The van der Waals surface area contributed by atoms with Crippen LogP contribution in [0.2, 0.25) is 5.02 Å². The van der Waals surface area contributed by atoms with E-state index < -0.39 is 0 Å². The van der Waals surface area contributed by atoms with Gasteiger partial charge in [0.1, 0.15) is 0 Å². The molecule has 0 unspecified atom stereocenters. The molecule has 0 aromatic heterocycles. The number of halogens is 2. The van der Waals surface area contributed by atoms with Crippen molar-refractivity contribution in [3.05, 3.63) is 57.5 Å². The van der Waals surface area contributed by atoms with Crippen LogP contribution in [0.4, 0.5) is 5.69 Å². The van der Waals surface area contributed by atoms with Gasteiger partial charge in [0.15, 0.2) is 0 Å². The lowest BCUT2D eigenvalue weighted by Gasteiger charge is -1.99. The van der Waals surface area contributed by atoms with Gasteiger partial charge in [-0.05, 0) is 58.1 Å². The molecule has 0 saturated carbocycles. The lowest BCUT2D eigenvalue weighted by molar-refractivity contribution is 1.45. The zero-order chi connectivity index (χ0) is 13.0. The third kappa shape index (κ3) is 3.61. The molecular weight excluding hydrogens is 330 g/mol. The second kappa shape index (κ2) is 6.41. The Bertz CT molecular complexity index is 567. The standard InChI is InChI=1S/C14H11BrClNS/c1-18-12-5-2-10(3-6-12)9-17-11-4-7-13(15)14(16)8-11/h2-9H,1H3. The van der Waals surface area contributed by atoms with Gasteiger partial charge in [-0.25, -0.2) is 0 Å². The number of benzene rings is 2. The number of aliphatic imine (C=N–C) groups is 1. The van der Waals surface area contributed by atoms with Crippen LogP contribution < -0.4 is 0 Å². The Kier molecular flexibility index (Phi) is 4.87. The van der Waals surface area contributed by atoms with Crippen molar-refractivity contribution in [3.8, 4) is 0 Å². The molecule has 0 saturated heterocycles. The fraction of sp³-hybridized carbons (Fsp3) is 0.0714. The third-order valence-corrected chi connectivity index (χ3v) is 4.36. The van der Waals surface area contributed by atoms with E-state index in [9.17, 15) is 0 Å². The molecule has 0 bridgehead atoms. The summed E-state index contributed by atoms with van der Waals surface area (Å²) in [6.45, 7) is 0. The second-order valence-corrected chi connectivity index (χ2v) is 5.77. The minimum Gasteiger partial charge on any atom is -0.256 e. The van der Waals surface area contributed by atoms with Crippen LogP contribution in [0.3, 0.4) is 0 Å². The maximum Gasteiger partial charge on any atom is 0.0645 e. The zero-order valence-corrected chi connectivity index (χ0v) is 12.9. The molecule has 92 valence electrons. The molecule has 1 nitrogen and oxygen atoms in total. The molecule has 2 rings (SSSR count).